The van der Waals surface area contributed by atoms with E-state index in [1.165, 1.54) is 12.1 Å². The summed E-state index contributed by atoms with van der Waals surface area (Å²) in [5.74, 6) is -0.222. The molecule has 0 bridgehead atoms. The fraction of sp³-hybridized carbons (Fsp3) is 0.308. The molecule has 2 rings (SSSR count). The Morgan fingerprint density at radius 2 is 2.24 bits per heavy atom. The first-order valence-corrected chi connectivity index (χ1v) is 5.55. The lowest BCUT2D eigenvalue weighted by Gasteiger charge is -2.13. The highest BCUT2D eigenvalue weighted by Crippen LogP contribution is 2.20. The molecule has 4 heteroatoms. The van der Waals surface area contributed by atoms with E-state index in [0.717, 1.165) is 16.7 Å². The lowest BCUT2D eigenvalue weighted by atomic mass is 9.97. The summed E-state index contributed by atoms with van der Waals surface area (Å²) >= 11 is 0. The number of hydrogen-bond acceptors (Lipinski definition) is 2. The number of aromatic nitrogens is 2. The van der Waals surface area contributed by atoms with E-state index in [1.54, 1.807) is 16.9 Å². The summed E-state index contributed by atoms with van der Waals surface area (Å²) in [6.07, 6.45) is 4.46. The third kappa shape index (κ3) is 2.71. The zero-order valence-electron chi connectivity index (χ0n) is 10.0. The highest BCUT2D eigenvalue weighted by atomic mass is 19.1. The molecular weight excluding hydrogens is 217 g/mol. The van der Waals surface area contributed by atoms with Gasteiger partial charge < -0.3 is 5.73 Å². The number of aryl methyl sites for hydroxylation is 2. The van der Waals surface area contributed by atoms with Crippen LogP contribution in [0.4, 0.5) is 4.39 Å². The van der Waals surface area contributed by atoms with Gasteiger partial charge in [0.1, 0.15) is 5.82 Å². The van der Waals surface area contributed by atoms with Gasteiger partial charge in [-0.15, -0.1) is 0 Å². The Bertz CT molecular complexity index is 519. The van der Waals surface area contributed by atoms with E-state index >= 15 is 0 Å². The van der Waals surface area contributed by atoms with Crippen molar-refractivity contribution >= 4 is 0 Å². The van der Waals surface area contributed by atoms with Crippen LogP contribution < -0.4 is 5.73 Å². The first-order valence-electron chi connectivity index (χ1n) is 5.55. The SMILES string of the molecule is Cc1cc(F)ccc1C(N)Cc1cnn(C)c1. The van der Waals surface area contributed by atoms with Crippen LogP contribution in [0.5, 0.6) is 0 Å². The predicted octanol–water partition coefficient (Wildman–Crippen LogP) is 2.11. The Labute approximate surface area is 100 Å². The third-order valence-electron chi connectivity index (χ3n) is 2.85. The van der Waals surface area contributed by atoms with Crippen molar-refractivity contribution in [3.05, 3.63) is 53.1 Å². The Morgan fingerprint density at radius 1 is 1.47 bits per heavy atom. The van der Waals surface area contributed by atoms with Crippen molar-refractivity contribution in [2.24, 2.45) is 12.8 Å². The van der Waals surface area contributed by atoms with Gasteiger partial charge in [0.15, 0.2) is 0 Å². The molecule has 1 unspecified atom stereocenters. The largest absolute Gasteiger partial charge is 0.324 e. The van der Waals surface area contributed by atoms with Gasteiger partial charge in [-0.05, 0) is 42.2 Å². The maximum Gasteiger partial charge on any atom is 0.123 e. The molecule has 0 amide bonds. The van der Waals surface area contributed by atoms with E-state index in [-0.39, 0.29) is 11.9 Å². The topological polar surface area (TPSA) is 43.8 Å². The minimum absolute atomic E-state index is 0.125. The van der Waals surface area contributed by atoms with E-state index in [1.807, 2.05) is 20.2 Å². The monoisotopic (exact) mass is 233 g/mol. The van der Waals surface area contributed by atoms with Crippen molar-refractivity contribution in [1.29, 1.82) is 0 Å². The van der Waals surface area contributed by atoms with Gasteiger partial charge in [0.2, 0.25) is 0 Å². The third-order valence-corrected chi connectivity index (χ3v) is 2.85. The van der Waals surface area contributed by atoms with Crippen LogP contribution >= 0.6 is 0 Å². The molecule has 0 saturated carbocycles. The van der Waals surface area contributed by atoms with Crippen LogP contribution in [0.15, 0.2) is 30.6 Å². The Balaban J connectivity index is 2.17. The molecule has 0 saturated heterocycles. The maximum absolute atomic E-state index is 13.0. The number of rotatable bonds is 3. The first-order chi connectivity index (χ1) is 8.06. The van der Waals surface area contributed by atoms with Gasteiger partial charge in [-0.25, -0.2) is 4.39 Å². The number of nitrogens with two attached hydrogens (primary N) is 1. The molecule has 0 aliphatic heterocycles. The van der Waals surface area contributed by atoms with Gasteiger partial charge in [0.25, 0.3) is 0 Å². The van der Waals surface area contributed by atoms with Gasteiger partial charge in [0, 0.05) is 19.3 Å². The molecule has 0 radical (unpaired) electrons. The van der Waals surface area contributed by atoms with Crippen LogP contribution in [0.2, 0.25) is 0 Å². The molecule has 1 heterocycles. The minimum atomic E-state index is -0.222. The molecule has 2 aromatic rings. The second-order valence-corrected chi connectivity index (χ2v) is 4.33. The smallest absolute Gasteiger partial charge is 0.123 e. The molecule has 2 N–H and O–H groups in total. The van der Waals surface area contributed by atoms with Crippen LogP contribution in [0.3, 0.4) is 0 Å². The lowest BCUT2D eigenvalue weighted by Crippen LogP contribution is -2.14. The number of halogens is 1. The molecule has 0 aliphatic carbocycles. The Kier molecular flexibility index (Phi) is 3.24. The number of nitrogens with zero attached hydrogens (tertiary/aromatic N) is 2. The zero-order valence-corrected chi connectivity index (χ0v) is 10.0. The second kappa shape index (κ2) is 4.67. The average molecular weight is 233 g/mol. The van der Waals surface area contributed by atoms with E-state index in [0.29, 0.717) is 6.42 Å². The van der Waals surface area contributed by atoms with Crippen molar-refractivity contribution in [2.75, 3.05) is 0 Å². The fourth-order valence-electron chi connectivity index (χ4n) is 2.00. The van der Waals surface area contributed by atoms with Gasteiger partial charge in [-0.3, -0.25) is 4.68 Å². The predicted molar refractivity (Wildman–Crippen MR) is 65.0 cm³/mol. The Morgan fingerprint density at radius 3 is 2.82 bits per heavy atom. The molecule has 1 aromatic heterocycles. The van der Waals surface area contributed by atoms with Crippen LogP contribution in [-0.4, -0.2) is 9.78 Å². The van der Waals surface area contributed by atoms with Crippen molar-refractivity contribution in [1.82, 2.24) is 9.78 Å². The molecule has 3 nitrogen and oxygen atoms in total. The molecule has 17 heavy (non-hydrogen) atoms. The van der Waals surface area contributed by atoms with Gasteiger partial charge in [-0.2, -0.15) is 5.10 Å². The fourth-order valence-corrected chi connectivity index (χ4v) is 2.00. The van der Waals surface area contributed by atoms with Crippen molar-refractivity contribution in [2.45, 2.75) is 19.4 Å². The standard InChI is InChI=1S/C13H16FN3/c1-9-5-11(14)3-4-12(9)13(15)6-10-7-16-17(2)8-10/h3-5,7-8,13H,6,15H2,1-2H3. The first kappa shape index (κ1) is 11.8. The quantitative estimate of drug-likeness (QED) is 0.882. The minimum Gasteiger partial charge on any atom is -0.324 e. The molecule has 1 aromatic carbocycles. The van der Waals surface area contributed by atoms with E-state index in [4.69, 9.17) is 5.73 Å². The van der Waals surface area contributed by atoms with Crippen molar-refractivity contribution < 1.29 is 4.39 Å². The maximum atomic E-state index is 13.0. The summed E-state index contributed by atoms with van der Waals surface area (Å²) in [4.78, 5) is 0. The molecule has 90 valence electrons. The highest BCUT2D eigenvalue weighted by molar-refractivity contribution is 5.30. The lowest BCUT2D eigenvalue weighted by molar-refractivity contribution is 0.622. The van der Waals surface area contributed by atoms with Crippen molar-refractivity contribution in [3.63, 3.8) is 0 Å². The number of hydrogen-bond donors (Lipinski definition) is 1. The second-order valence-electron chi connectivity index (χ2n) is 4.33. The van der Waals surface area contributed by atoms with Crippen LogP contribution in [-0.2, 0) is 13.5 Å². The van der Waals surface area contributed by atoms with E-state index in [9.17, 15) is 4.39 Å². The van der Waals surface area contributed by atoms with Gasteiger partial charge in [-0.1, -0.05) is 6.07 Å². The van der Waals surface area contributed by atoms with Crippen LogP contribution in [0.25, 0.3) is 0 Å². The molecule has 1 atom stereocenters. The molecule has 0 aliphatic rings. The van der Waals surface area contributed by atoms with Gasteiger partial charge >= 0.3 is 0 Å². The summed E-state index contributed by atoms with van der Waals surface area (Å²) < 4.78 is 14.7. The highest BCUT2D eigenvalue weighted by Gasteiger charge is 2.11. The summed E-state index contributed by atoms with van der Waals surface area (Å²) in [5.41, 5.74) is 9.09. The zero-order chi connectivity index (χ0) is 12.4. The summed E-state index contributed by atoms with van der Waals surface area (Å²) in [6, 6.07) is 4.59. The number of benzene rings is 1. The molecule has 0 fully saturated rings. The Hall–Kier alpha value is -1.68. The molecule has 0 spiro atoms. The molecular formula is C13H16FN3. The van der Waals surface area contributed by atoms with Gasteiger partial charge in [0.05, 0.1) is 6.20 Å². The summed E-state index contributed by atoms with van der Waals surface area (Å²) in [6.45, 7) is 1.88. The van der Waals surface area contributed by atoms with Crippen molar-refractivity contribution in [3.8, 4) is 0 Å². The van der Waals surface area contributed by atoms with E-state index < -0.39 is 0 Å². The average Bonchev–Trinajstić information content (AvgIpc) is 2.63. The van der Waals surface area contributed by atoms with E-state index in [2.05, 4.69) is 5.10 Å². The normalized spacial score (nSPS) is 12.7. The summed E-state index contributed by atoms with van der Waals surface area (Å²) in [5, 5.41) is 4.10. The van der Waals surface area contributed by atoms with Crippen LogP contribution in [0.1, 0.15) is 22.7 Å². The van der Waals surface area contributed by atoms with Crippen LogP contribution in [0, 0.1) is 12.7 Å². The summed E-state index contributed by atoms with van der Waals surface area (Å²) in [7, 11) is 1.87.